The Morgan fingerprint density at radius 3 is 2.79 bits per heavy atom. The minimum absolute atomic E-state index is 0.346. The Kier molecular flexibility index (Phi) is 2.62. The van der Waals surface area contributed by atoms with Gasteiger partial charge >= 0.3 is 0 Å². The molecule has 5 heteroatoms. The molecule has 0 fully saturated rings. The minimum Gasteiger partial charge on any atom is -0.369 e. The molecule has 0 atom stereocenters. The summed E-state index contributed by atoms with van der Waals surface area (Å²) in [6.45, 7) is 0. The first-order chi connectivity index (χ1) is 9.20. The lowest BCUT2D eigenvalue weighted by atomic mass is 10.2. The van der Waals surface area contributed by atoms with Gasteiger partial charge in [-0.2, -0.15) is 5.26 Å². The average Bonchev–Trinajstić information content (AvgIpc) is 2.77. The second-order valence-corrected chi connectivity index (χ2v) is 4.48. The quantitative estimate of drug-likeness (QED) is 0.737. The highest BCUT2D eigenvalue weighted by Crippen LogP contribution is 2.28. The number of anilines is 1. The lowest BCUT2D eigenvalue weighted by Gasteiger charge is -2.06. The number of para-hydroxylation sites is 1. The number of fused-ring (bicyclic) bond motifs is 1. The van der Waals surface area contributed by atoms with E-state index in [4.69, 9.17) is 22.6 Å². The number of hydrogen-bond acceptors (Lipinski definition) is 3. The first kappa shape index (κ1) is 11.6. The fourth-order valence-corrected chi connectivity index (χ4v) is 2.28. The molecular formula is C14H9ClN4. The van der Waals surface area contributed by atoms with Gasteiger partial charge in [0.1, 0.15) is 5.52 Å². The summed E-state index contributed by atoms with van der Waals surface area (Å²) >= 11 is 6.10. The zero-order chi connectivity index (χ0) is 13.4. The maximum atomic E-state index is 8.96. The van der Waals surface area contributed by atoms with Crippen LogP contribution in [0.5, 0.6) is 0 Å². The second kappa shape index (κ2) is 4.30. The van der Waals surface area contributed by atoms with Crippen LogP contribution in [0.1, 0.15) is 5.56 Å². The molecule has 0 spiro atoms. The molecule has 0 unspecified atom stereocenters. The monoisotopic (exact) mass is 268 g/mol. The standard InChI is InChI=1S/C14H9ClN4/c15-11-5-2-6-12-13(11)18-14(17)19(12)10-4-1-3-9(7-10)8-16/h1-7H,(H2,17,18). The zero-order valence-electron chi connectivity index (χ0n) is 9.84. The predicted molar refractivity (Wildman–Crippen MR) is 75.2 cm³/mol. The van der Waals surface area contributed by atoms with Gasteiger partial charge in [0.2, 0.25) is 5.95 Å². The maximum absolute atomic E-state index is 8.96. The van der Waals surface area contributed by atoms with E-state index in [9.17, 15) is 0 Å². The third-order valence-electron chi connectivity index (χ3n) is 2.90. The highest BCUT2D eigenvalue weighted by atomic mass is 35.5. The lowest BCUT2D eigenvalue weighted by Crippen LogP contribution is -2.00. The topological polar surface area (TPSA) is 67.6 Å². The predicted octanol–water partition coefficient (Wildman–Crippen LogP) is 3.13. The number of halogens is 1. The molecule has 0 aliphatic carbocycles. The highest BCUT2D eigenvalue weighted by molar-refractivity contribution is 6.35. The van der Waals surface area contributed by atoms with Gasteiger partial charge in [0.25, 0.3) is 0 Å². The number of benzene rings is 2. The Hall–Kier alpha value is -2.51. The van der Waals surface area contributed by atoms with Crippen LogP contribution in [0.25, 0.3) is 16.7 Å². The molecule has 19 heavy (non-hydrogen) atoms. The van der Waals surface area contributed by atoms with E-state index in [2.05, 4.69) is 11.1 Å². The lowest BCUT2D eigenvalue weighted by molar-refractivity contribution is 1.11. The van der Waals surface area contributed by atoms with E-state index in [0.29, 0.717) is 22.1 Å². The summed E-state index contributed by atoms with van der Waals surface area (Å²) in [6, 6.07) is 14.8. The fourth-order valence-electron chi connectivity index (χ4n) is 2.07. The number of aromatic nitrogens is 2. The fraction of sp³-hybridized carbons (Fsp3) is 0. The van der Waals surface area contributed by atoms with Crippen LogP contribution in [-0.4, -0.2) is 9.55 Å². The Bertz CT molecular complexity index is 814. The van der Waals surface area contributed by atoms with Gasteiger partial charge in [0.05, 0.1) is 27.9 Å². The molecule has 0 bridgehead atoms. The Balaban J connectivity index is 2.33. The SMILES string of the molecule is N#Cc1cccc(-n2c(N)nc3c(Cl)cccc32)c1. The molecule has 0 aliphatic heterocycles. The van der Waals surface area contributed by atoms with Crippen molar-refractivity contribution in [2.24, 2.45) is 0 Å². The van der Waals surface area contributed by atoms with Crippen molar-refractivity contribution in [3.8, 4) is 11.8 Å². The Morgan fingerprint density at radius 1 is 1.21 bits per heavy atom. The van der Waals surface area contributed by atoms with Crippen LogP contribution in [0.2, 0.25) is 5.02 Å². The van der Waals surface area contributed by atoms with Crippen molar-refractivity contribution < 1.29 is 0 Å². The van der Waals surface area contributed by atoms with E-state index in [1.54, 1.807) is 22.8 Å². The molecule has 2 N–H and O–H groups in total. The van der Waals surface area contributed by atoms with Crippen molar-refractivity contribution in [3.05, 3.63) is 53.1 Å². The van der Waals surface area contributed by atoms with E-state index >= 15 is 0 Å². The number of imidazole rings is 1. The number of nitriles is 1. The Morgan fingerprint density at radius 2 is 2.00 bits per heavy atom. The normalized spacial score (nSPS) is 10.5. The third-order valence-corrected chi connectivity index (χ3v) is 3.20. The maximum Gasteiger partial charge on any atom is 0.205 e. The molecule has 0 amide bonds. The van der Waals surface area contributed by atoms with Crippen LogP contribution in [0.15, 0.2) is 42.5 Å². The van der Waals surface area contributed by atoms with Crippen LogP contribution in [-0.2, 0) is 0 Å². The van der Waals surface area contributed by atoms with Crippen LogP contribution >= 0.6 is 11.6 Å². The van der Waals surface area contributed by atoms with E-state index in [1.807, 2.05) is 24.3 Å². The van der Waals surface area contributed by atoms with Crippen LogP contribution in [0.3, 0.4) is 0 Å². The van der Waals surface area contributed by atoms with E-state index in [1.165, 1.54) is 0 Å². The molecule has 92 valence electrons. The van der Waals surface area contributed by atoms with E-state index < -0.39 is 0 Å². The zero-order valence-corrected chi connectivity index (χ0v) is 10.6. The molecule has 3 aromatic rings. The number of hydrogen-bond donors (Lipinski definition) is 1. The summed E-state index contributed by atoms with van der Waals surface area (Å²) in [5, 5.41) is 9.51. The van der Waals surface area contributed by atoms with Gasteiger partial charge in [-0.05, 0) is 30.3 Å². The third kappa shape index (κ3) is 1.81. The van der Waals surface area contributed by atoms with Gasteiger partial charge in [-0.25, -0.2) is 4.98 Å². The first-order valence-corrected chi connectivity index (χ1v) is 6.01. The van der Waals surface area contributed by atoms with Gasteiger partial charge in [-0.15, -0.1) is 0 Å². The molecule has 2 aromatic carbocycles. The summed E-state index contributed by atoms with van der Waals surface area (Å²) in [7, 11) is 0. The number of nitrogens with two attached hydrogens (primary N) is 1. The van der Waals surface area contributed by atoms with Gasteiger partial charge < -0.3 is 5.73 Å². The van der Waals surface area contributed by atoms with Crippen molar-refractivity contribution in [1.82, 2.24) is 9.55 Å². The van der Waals surface area contributed by atoms with Gasteiger partial charge in [-0.1, -0.05) is 23.7 Å². The molecule has 4 nitrogen and oxygen atoms in total. The Labute approximate surface area is 114 Å². The molecule has 3 rings (SSSR count). The molecule has 0 radical (unpaired) electrons. The van der Waals surface area contributed by atoms with Crippen molar-refractivity contribution in [1.29, 1.82) is 5.26 Å². The summed E-state index contributed by atoms with van der Waals surface area (Å²) < 4.78 is 1.78. The van der Waals surface area contributed by atoms with Crippen molar-refractivity contribution in [2.45, 2.75) is 0 Å². The molecule has 0 saturated carbocycles. The summed E-state index contributed by atoms with van der Waals surface area (Å²) in [4.78, 5) is 4.27. The van der Waals surface area contributed by atoms with Crippen molar-refractivity contribution in [2.75, 3.05) is 5.73 Å². The smallest absolute Gasteiger partial charge is 0.205 e. The number of nitrogen functional groups attached to an aromatic ring is 1. The summed E-state index contributed by atoms with van der Waals surface area (Å²) in [5.74, 6) is 0.346. The van der Waals surface area contributed by atoms with Crippen molar-refractivity contribution >= 4 is 28.6 Å². The average molecular weight is 269 g/mol. The largest absolute Gasteiger partial charge is 0.369 e. The minimum atomic E-state index is 0.346. The first-order valence-electron chi connectivity index (χ1n) is 5.63. The van der Waals surface area contributed by atoms with Gasteiger partial charge in [0, 0.05) is 0 Å². The van der Waals surface area contributed by atoms with Gasteiger partial charge in [-0.3, -0.25) is 4.57 Å². The number of rotatable bonds is 1. The van der Waals surface area contributed by atoms with Crippen LogP contribution in [0, 0.1) is 11.3 Å². The second-order valence-electron chi connectivity index (χ2n) is 4.08. The highest BCUT2D eigenvalue weighted by Gasteiger charge is 2.12. The van der Waals surface area contributed by atoms with E-state index in [0.717, 1.165) is 11.2 Å². The van der Waals surface area contributed by atoms with Crippen LogP contribution in [0.4, 0.5) is 5.95 Å². The number of nitrogens with zero attached hydrogens (tertiary/aromatic N) is 3. The van der Waals surface area contributed by atoms with Crippen LogP contribution < -0.4 is 5.73 Å². The molecule has 1 aromatic heterocycles. The van der Waals surface area contributed by atoms with Gasteiger partial charge in [0.15, 0.2) is 0 Å². The molecule has 0 saturated heterocycles. The van der Waals surface area contributed by atoms with E-state index in [-0.39, 0.29) is 0 Å². The summed E-state index contributed by atoms with van der Waals surface area (Å²) in [5.41, 5.74) is 8.80. The summed E-state index contributed by atoms with van der Waals surface area (Å²) in [6.07, 6.45) is 0. The van der Waals surface area contributed by atoms with Crippen molar-refractivity contribution in [3.63, 3.8) is 0 Å². The molecule has 1 heterocycles. The molecule has 0 aliphatic rings. The molecular weight excluding hydrogens is 260 g/mol.